The fourth-order valence-corrected chi connectivity index (χ4v) is 0.802. The Morgan fingerprint density at radius 2 is 1.90 bits per heavy atom. The van der Waals surface area contributed by atoms with Crippen LogP contribution >= 0.6 is 0 Å². The Bertz CT molecular complexity index is 134. The first-order chi connectivity index (χ1) is 4.70. The van der Waals surface area contributed by atoms with Crippen LogP contribution in [0.3, 0.4) is 0 Å². The van der Waals surface area contributed by atoms with Crippen LogP contribution in [0.5, 0.6) is 0 Å². The molecule has 58 valence electrons. The standard InChI is InChI=1S/C10H18/c1-5-10(6-2)8-7-9(3)4/h5,7H,6,8H2,1-4H3/b10-5+. The lowest BCUT2D eigenvalue weighted by Crippen LogP contribution is -1.77. The second-order valence-corrected chi connectivity index (χ2v) is 2.79. The van der Waals surface area contributed by atoms with Gasteiger partial charge in [0.05, 0.1) is 0 Å². The maximum absolute atomic E-state index is 2.28. The van der Waals surface area contributed by atoms with Crippen LogP contribution < -0.4 is 0 Å². The van der Waals surface area contributed by atoms with E-state index >= 15 is 0 Å². The van der Waals surface area contributed by atoms with Crippen molar-refractivity contribution in [1.29, 1.82) is 0 Å². The van der Waals surface area contributed by atoms with E-state index < -0.39 is 0 Å². The molecule has 0 rings (SSSR count). The fraction of sp³-hybridized carbons (Fsp3) is 0.600. The van der Waals surface area contributed by atoms with Crippen molar-refractivity contribution in [1.82, 2.24) is 0 Å². The van der Waals surface area contributed by atoms with Gasteiger partial charge in [-0.3, -0.25) is 0 Å². The normalized spacial score (nSPS) is 11.4. The molecule has 10 heavy (non-hydrogen) atoms. The Labute approximate surface area is 64.6 Å². The maximum Gasteiger partial charge on any atom is -0.0137 e. The Balaban J connectivity index is 3.78. The van der Waals surface area contributed by atoms with E-state index in [4.69, 9.17) is 0 Å². The van der Waals surface area contributed by atoms with Crippen molar-refractivity contribution in [3.63, 3.8) is 0 Å². The van der Waals surface area contributed by atoms with Crippen molar-refractivity contribution in [3.8, 4) is 0 Å². The summed E-state index contributed by atoms with van der Waals surface area (Å²) in [5.41, 5.74) is 2.94. The minimum absolute atomic E-state index is 1.13. The largest absolute Gasteiger partial charge is 0.0882 e. The van der Waals surface area contributed by atoms with Crippen LogP contribution in [-0.2, 0) is 0 Å². The highest BCUT2D eigenvalue weighted by Gasteiger charge is 1.87. The zero-order valence-corrected chi connectivity index (χ0v) is 7.57. The molecular weight excluding hydrogens is 120 g/mol. The summed E-state index contributed by atoms with van der Waals surface area (Å²) >= 11 is 0. The van der Waals surface area contributed by atoms with Gasteiger partial charge >= 0.3 is 0 Å². The molecular formula is C10H18. The van der Waals surface area contributed by atoms with Gasteiger partial charge in [-0.2, -0.15) is 0 Å². The smallest absolute Gasteiger partial charge is 0.0137 e. The number of rotatable bonds is 3. The molecule has 0 radical (unpaired) electrons. The highest BCUT2D eigenvalue weighted by Crippen LogP contribution is 2.08. The molecule has 0 saturated carbocycles. The monoisotopic (exact) mass is 138 g/mol. The SMILES string of the molecule is C/C=C(\CC)CC=C(C)C. The van der Waals surface area contributed by atoms with Gasteiger partial charge in [0.1, 0.15) is 0 Å². The van der Waals surface area contributed by atoms with Gasteiger partial charge in [-0.25, -0.2) is 0 Å². The Morgan fingerprint density at radius 3 is 2.20 bits per heavy atom. The summed E-state index contributed by atoms with van der Waals surface area (Å²) in [4.78, 5) is 0. The summed E-state index contributed by atoms with van der Waals surface area (Å²) in [6, 6.07) is 0. The zero-order chi connectivity index (χ0) is 7.98. The van der Waals surface area contributed by atoms with Crippen molar-refractivity contribution >= 4 is 0 Å². The van der Waals surface area contributed by atoms with Gasteiger partial charge in [0, 0.05) is 0 Å². The molecule has 0 aliphatic rings. The lowest BCUT2D eigenvalue weighted by Gasteiger charge is -1.97. The molecule has 0 saturated heterocycles. The highest BCUT2D eigenvalue weighted by molar-refractivity contribution is 5.08. The molecule has 0 aromatic carbocycles. The Morgan fingerprint density at radius 1 is 1.30 bits per heavy atom. The molecule has 0 bridgehead atoms. The summed E-state index contributed by atoms with van der Waals surface area (Å²) in [7, 11) is 0. The minimum Gasteiger partial charge on any atom is -0.0882 e. The van der Waals surface area contributed by atoms with Crippen molar-refractivity contribution in [3.05, 3.63) is 23.3 Å². The fourth-order valence-electron chi connectivity index (χ4n) is 0.802. The van der Waals surface area contributed by atoms with Crippen molar-refractivity contribution in [2.45, 2.75) is 40.5 Å². The number of allylic oxidation sites excluding steroid dienone is 4. The van der Waals surface area contributed by atoms with E-state index in [1.165, 1.54) is 17.6 Å². The number of hydrogen-bond donors (Lipinski definition) is 0. The van der Waals surface area contributed by atoms with Crippen LogP contribution in [0.25, 0.3) is 0 Å². The van der Waals surface area contributed by atoms with Crippen LogP contribution in [0.4, 0.5) is 0 Å². The van der Waals surface area contributed by atoms with Crippen molar-refractivity contribution in [2.24, 2.45) is 0 Å². The Hall–Kier alpha value is -0.520. The van der Waals surface area contributed by atoms with Gasteiger partial charge in [0.15, 0.2) is 0 Å². The molecule has 0 aromatic heterocycles. The summed E-state index contributed by atoms with van der Waals surface area (Å²) in [6.45, 7) is 8.59. The average molecular weight is 138 g/mol. The molecule has 0 heterocycles. The van der Waals surface area contributed by atoms with Gasteiger partial charge < -0.3 is 0 Å². The lowest BCUT2D eigenvalue weighted by molar-refractivity contribution is 1.02. The van der Waals surface area contributed by atoms with E-state index in [9.17, 15) is 0 Å². The van der Waals surface area contributed by atoms with Gasteiger partial charge in [-0.1, -0.05) is 30.2 Å². The second-order valence-electron chi connectivity index (χ2n) is 2.79. The van der Waals surface area contributed by atoms with E-state index in [2.05, 4.69) is 39.8 Å². The van der Waals surface area contributed by atoms with Crippen LogP contribution in [0.15, 0.2) is 23.3 Å². The third-order valence-electron chi connectivity index (χ3n) is 1.63. The summed E-state index contributed by atoms with van der Waals surface area (Å²) in [5.74, 6) is 0. The first-order valence-electron chi connectivity index (χ1n) is 3.98. The first-order valence-corrected chi connectivity index (χ1v) is 3.98. The van der Waals surface area contributed by atoms with E-state index in [1.807, 2.05) is 0 Å². The molecule has 0 aliphatic heterocycles. The van der Waals surface area contributed by atoms with Crippen LogP contribution in [0.2, 0.25) is 0 Å². The van der Waals surface area contributed by atoms with E-state index in [1.54, 1.807) is 0 Å². The van der Waals surface area contributed by atoms with E-state index in [-0.39, 0.29) is 0 Å². The minimum atomic E-state index is 1.13. The quantitative estimate of drug-likeness (QED) is 0.522. The third kappa shape index (κ3) is 4.37. The highest BCUT2D eigenvalue weighted by atomic mass is 13.9. The molecule has 0 fully saturated rings. The predicted molar refractivity (Wildman–Crippen MR) is 48.1 cm³/mol. The molecule has 0 nitrogen and oxygen atoms in total. The molecule has 0 heteroatoms. The summed E-state index contributed by atoms with van der Waals surface area (Å²) in [6.07, 6.45) is 6.80. The molecule has 0 atom stereocenters. The van der Waals surface area contributed by atoms with Crippen molar-refractivity contribution < 1.29 is 0 Å². The van der Waals surface area contributed by atoms with Crippen LogP contribution in [0, 0.1) is 0 Å². The van der Waals surface area contributed by atoms with Crippen LogP contribution in [0.1, 0.15) is 40.5 Å². The van der Waals surface area contributed by atoms with Gasteiger partial charge in [0.2, 0.25) is 0 Å². The molecule has 0 spiro atoms. The van der Waals surface area contributed by atoms with Gasteiger partial charge in [-0.05, 0) is 33.6 Å². The predicted octanol–water partition coefficient (Wildman–Crippen LogP) is 3.70. The molecule has 0 unspecified atom stereocenters. The molecule has 0 amide bonds. The van der Waals surface area contributed by atoms with E-state index in [0.29, 0.717) is 0 Å². The van der Waals surface area contributed by atoms with Gasteiger partial charge in [-0.15, -0.1) is 0 Å². The summed E-state index contributed by atoms with van der Waals surface area (Å²) < 4.78 is 0. The topological polar surface area (TPSA) is 0 Å². The number of hydrogen-bond acceptors (Lipinski definition) is 0. The lowest BCUT2D eigenvalue weighted by atomic mass is 10.1. The van der Waals surface area contributed by atoms with Crippen molar-refractivity contribution in [2.75, 3.05) is 0 Å². The molecule has 0 N–H and O–H groups in total. The maximum atomic E-state index is 2.28. The Kier molecular flexibility index (Phi) is 5.00. The molecule has 0 aromatic rings. The third-order valence-corrected chi connectivity index (χ3v) is 1.63. The zero-order valence-electron chi connectivity index (χ0n) is 7.57. The average Bonchev–Trinajstić information content (AvgIpc) is 1.90. The molecule has 0 aliphatic carbocycles. The summed E-state index contributed by atoms with van der Waals surface area (Å²) in [5, 5.41) is 0. The second kappa shape index (κ2) is 5.28. The first kappa shape index (κ1) is 9.48. The van der Waals surface area contributed by atoms with Crippen LogP contribution in [-0.4, -0.2) is 0 Å². The van der Waals surface area contributed by atoms with E-state index in [0.717, 1.165) is 6.42 Å². The van der Waals surface area contributed by atoms with Gasteiger partial charge in [0.25, 0.3) is 0 Å².